The van der Waals surface area contributed by atoms with Gasteiger partial charge < -0.3 is 0 Å². The van der Waals surface area contributed by atoms with Gasteiger partial charge in [-0.05, 0) is 39.0 Å². The Labute approximate surface area is 134 Å². The number of phosphoric ester groups is 1. The van der Waals surface area contributed by atoms with E-state index in [2.05, 4.69) is 18.7 Å². The van der Waals surface area contributed by atoms with Gasteiger partial charge in [0.05, 0.1) is 18.9 Å². The van der Waals surface area contributed by atoms with Gasteiger partial charge in [0.25, 0.3) is 0 Å². The van der Waals surface area contributed by atoms with Crippen LogP contribution in [0, 0.1) is 11.8 Å². The third-order valence-corrected chi connectivity index (χ3v) is 5.32. The highest BCUT2D eigenvalue weighted by molar-refractivity contribution is 7.48. The van der Waals surface area contributed by atoms with Crippen molar-refractivity contribution in [3.05, 3.63) is 12.7 Å². The van der Waals surface area contributed by atoms with Crippen molar-refractivity contribution in [2.75, 3.05) is 13.2 Å². The fraction of sp³-hybridized carbons (Fsp3) is 0.812. The van der Waals surface area contributed by atoms with E-state index in [1.54, 1.807) is 13.8 Å². The Hall–Kier alpha value is -0.640. The maximum Gasteiger partial charge on any atom is 0.550 e. The monoisotopic (exact) mass is 331 g/mol. The van der Waals surface area contributed by atoms with Gasteiger partial charge in [0.1, 0.15) is 0 Å². The van der Waals surface area contributed by atoms with Gasteiger partial charge in [-0.25, -0.2) is 4.57 Å². The van der Waals surface area contributed by atoms with E-state index in [1.165, 1.54) is 12.8 Å². The molecule has 0 heterocycles. The standard InChI is InChI=1S/C16H30NO4P/c1-5-11-16(15-13-10-9-12-14(15)6-2)17-21-22(18,19-7-3)20-8-4/h6,14-15H,2,5,7-13H2,1,3-4H3/b17-16+/t14-,15-/m1/s1. The lowest BCUT2D eigenvalue weighted by molar-refractivity contribution is 0.123. The highest BCUT2D eigenvalue weighted by Crippen LogP contribution is 2.50. The molecule has 2 atom stereocenters. The quantitative estimate of drug-likeness (QED) is 0.235. The smallest absolute Gasteiger partial charge is 0.292 e. The lowest BCUT2D eigenvalue weighted by atomic mass is 9.76. The summed E-state index contributed by atoms with van der Waals surface area (Å²) in [4.78, 5) is 0. The third-order valence-electron chi connectivity index (χ3n) is 3.89. The van der Waals surface area contributed by atoms with Crippen molar-refractivity contribution in [1.29, 1.82) is 0 Å². The van der Waals surface area contributed by atoms with Crippen LogP contribution in [0.4, 0.5) is 0 Å². The zero-order chi connectivity index (χ0) is 16.4. The maximum atomic E-state index is 12.4. The number of oxime groups is 1. The number of hydrogen-bond donors (Lipinski definition) is 0. The molecule has 0 aliphatic heterocycles. The summed E-state index contributed by atoms with van der Waals surface area (Å²) < 4.78 is 27.8. The van der Waals surface area contributed by atoms with E-state index < -0.39 is 7.82 Å². The Morgan fingerprint density at radius 3 is 2.41 bits per heavy atom. The Bertz CT molecular complexity index is 401. The molecule has 0 aromatic carbocycles. The van der Waals surface area contributed by atoms with Crippen LogP contribution in [0.1, 0.15) is 59.3 Å². The van der Waals surface area contributed by atoms with Crippen molar-refractivity contribution < 1.29 is 18.2 Å². The Morgan fingerprint density at radius 2 is 1.86 bits per heavy atom. The normalized spacial score (nSPS) is 23.3. The van der Waals surface area contributed by atoms with Crippen molar-refractivity contribution in [2.24, 2.45) is 17.0 Å². The van der Waals surface area contributed by atoms with Crippen molar-refractivity contribution in [3.8, 4) is 0 Å². The molecule has 0 radical (unpaired) electrons. The lowest BCUT2D eigenvalue weighted by Crippen LogP contribution is -2.26. The summed E-state index contributed by atoms with van der Waals surface area (Å²) in [6.07, 6.45) is 8.43. The van der Waals surface area contributed by atoms with Gasteiger partial charge in [-0.3, -0.25) is 13.7 Å². The van der Waals surface area contributed by atoms with Crippen molar-refractivity contribution in [2.45, 2.75) is 59.3 Å². The predicted octanol–water partition coefficient (Wildman–Crippen LogP) is 5.33. The molecule has 1 fully saturated rings. The zero-order valence-corrected chi connectivity index (χ0v) is 15.0. The van der Waals surface area contributed by atoms with Gasteiger partial charge in [0.2, 0.25) is 0 Å². The van der Waals surface area contributed by atoms with E-state index in [0.717, 1.165) is 31.4 Å². The minimum atomic E-state index is -3.59. The molecule has 128 valence electrons. The zero-order valence-electron chi connectivity index (χ0n) is 14.1. The van der Waals surface area contributed by atoms with Gasteiger partial charge in [0.15, 0.2) is 0 Å². The number of nitrogens with zero attached hydrogens (tertiary/aromatic N) is 1. The van der Waals surface area contributed by atoms with Gasteiger partial charge in [-0.1, -0.05) is 37.4 Å². The predicted molar refractivity (Wildman–Crippen MR) is 89.9 cm³/mol. The van der Waals surface area contributed by atoms with Crippen LogP contribution in [0.15, 0.2) is 17.8 Å². The lowest BCUT2D eigenvalue weighted by Gasteiger charge is -2.30. The van der Waals surface area contributed by atoms with Gasteiger partial charge in [0, 0.05) is 5.92 Å². The van der Waals surface area contributed by atoms with Crippen LogP contribution in [0.2, 0.25) is 0 Å². The molecule has 0 spiro atoms. The van der Waals surface area contributed by atoms with Crippen LogP contribution in [-0.2, 0) is 18.2 Å². The van der Waals surface area contributed by atoms with Crippen molar-refractivity contribution in [1.82, 2.24) is 0 Å². The molecule has 1 aliphatic carbocycles. The summed E-state index contributed by atoms with van der Waals surface area (Å²) in [6.45, 7) is 10.1. The van der Waals surface area contributed by atoms with Crippen LogP contribution in [-0.4, -0.2) is 18.9 Å². The summed E-state index contributed by atoms with van der Waals surface area (Å²) in [6, 6.07) is 0. The van der Waals surface area contributed by atoms with E-state index >= 15 is 0 Å². The molecule has 0 aromatic heterocycles. The van der Waals surface area contributed by atoms with Gasteiger partial charge in [-0.15, -0.1) is 6.58 Å². The largest absolute Gasteiger partial charge is 0.550 e. The first-order valence-electron chi connectivity index (χ1n) is 8.37. The number of phosphoric acid groups is 1. The SMILES string of the molecule is C=C[C@@H]1CCCC[C@H]1/C(CCC)=N/OP(=O)(OCC)OCC. The molecule has 0 amide bonds. The molecule has 0 unspecified atom stereocenters. The van der Waals surface area contributed by atoms with Gasteiger partial charge >= 0.3 is 7.82 Å². The molecule has 1 aliphatic rings. The van der Waals surface area contributed by atoms with Crippen LogP contribution >= 0.6 is 7.82 Å². The molecule has 0 bridgehead atoms. The molecule has 0 aromatic rings. The average molecular weight is 331 g/mol. The highest BCUT2D eigenvalue weighted by Gasteiger charge is 2.30. The molecule has 22 heavy (non-hydrogen) atoms. The minimum Gasteiger partial charge on any atom is -0.292 e. The van der Waals surface area contributed by atoms with Crippen LogP contribution in [0.3, 0.4) is 0 Å². The van der Waals surface area contributed by atoms with E-state index in [1.807, 2.05) is 6.08 Å². The van der Waals surface area contributed by atoms with Crippen molar-refractivity contribution in [3.63, 3.8) is 0 Å². The fourth-order valence-electron chi connectivity index (χ4n) is 2.91. The first-order chi connectivity index (χ1) is 10.6. The Kier molecular flexibility index (Phi) is 8.99. The maximum absolute atomic E-state index is 12.4. The summed E-state index contributed by atoms with van der Waals surface area (Å²) in [5.74, 6) is 0.740. The minimum absolute atomic E-state index is 0.259. The Balaban J connectivity index is 2.87. The fourth-order valence-corrected chi connectivity index (χ4v) is 3.92. The molecule has 5 nitrogen and oxygen atoms in total. The highest BCUT2D eigenvalue weighted by atomic mass is 31.2. The summed E-state index contributed by atoms with van der Waals surface area (Å²) in [5.41, 5.74) is 0.951. The molecule has 1 saturated carbocycles. The molecular formula is C16H30NO4P. The number of rotatable bonds is 10. The second kappa shape index (κ2) is 10.2. The molecule has 0 N–H and O–H groups in total. The van der Waals surface area contributed by atoms with Gasteiger partial charge in [-0.2, -0.15) is 0 Å². The average Bonchev–Trinajstić information content (AvgIpc) is 2.52. The van der Waals surface area contributed by atoms with E-state index in [4.69, 9.17) is 13.7 Å². The number of allylic oxidation sites excluding steroid dienone is 1. The van der Waals surface area contributed by atoms with Crippen LogP contribution < -0.4 is 0 Å². The topological polar surface area (TPSA) is 57.1 Å². The first-order valence-corrected chi connectivity index (χ1v) is 9.83. The Morgan fingerprint density at radius 1 is 1.23 bits per heavy atom. The summed E-state index contributed by atoms with van der Waals surface area (Å²) in [5, 5.41) is 4.20. The molecule has 1 rings (SSSR count). The summed E-state index contributed by atoms with van der Waals surface area (Å²) in [7, 11) is -3.59. The van der Waals surface area contributed by atoms with Crippen LogP contribution in [0.25, 0.3) is 0 Å². The second-order valence-electron chi connectivity index (χ2n) is 5.49. The second-order valence-corrected chi connectivity index (χ2v) is 7.06. The summed E-state index contributed by atoms with van der Waals surface area (Å²) >= 11 is 0. The molecule has 0 saturated heterocycles. The van der Waals surface area contributed by atoms with E-state index in [-0.39, 0.29) is 13.2 Å². The molecular weight excluding hydrogens is 301 g/mol. The van der Waals surface area contributed by atoms with Crippen LogP contribution in [0.5, 0.6) is 0 Å². The first kappa shape index (κ1) is 19.4. The van der Waals surface area contributed by atoms with Crippen molar-refractivity contribution >= 4 is 13.5 Å². The number of hydrogen-bond acceptors (Lipinski definition) is 5. The van der Waals surface area contributed by atoms with E-state index in [0.29, 0.717) is 11.8 Å². The third kappa shape index (κ3) is 5.86. The van der Waals surface area contributed by atoms with E-state index in [9.17, 15) is 4.57 Å². The molecule has 6 heteroatoms.